The van der Waals surface area contributed by atoms with Gasteiger partial charge in [0.15, 0.2) is 5.82 Å². The lowest BCUT2D eigenvalue weighted by Gasteiger charge is -2.45. The second kappa shape index (κ2) is 5.95. The average molecular weight is 312 g/mol. The first-order valence-corrected chi connectivity index (χ1v) is 8.72. The smallest absolute Gasteiger partial charge is 0.226 e. The second-order valence-electron chi connectivity index (χ2n) is 7.08. The van der Waals surface area contributed by atoms with Gasteiger partial charge in [0, 0.05) is 32.0 Å². The zero-order valence-corrected chi connectivity index (χ0v) is 13.7. The molecule has 1 unspecified atom stereocenters. The maximum Gasteiger partial charge on any atom is 0.226 e. The summed E-state index contributed by atoms with van der Waals surface area (Å²) in [7, 11) is 1.95. The van der Waals surface area contributed by atoms with Crippen LogP contribution >= 0.6 is 0 Å². The fourth-order valence-electron chi connectivity index (χ4n) is 3.47. The number of aromatic nitrogens is 2. The minimum Gasteiger partial charge on any atom is -0.351 e. The van der Waals surface area contributed by atoms with Crippen molar-refractivity contribution in [2.75, 3.05) is 25.0 Å². The summed E-state index contributed by atoms with van der Waals surface area (Å²) in [5.74, 6) is 2.06. The highest BCUT2D eigenvalue weighted by Gasteiger charge is 2.35. The molecule has 23 heavy (non-hydrogen) atoms. The zero-order valence-electron chi connectivity index (χ0n) is 13.7. The van der Waals surface area contributed by atoms with Gasteiger partial charge in [-0.05, 0) is 44.2 Å². The molecular weight excluding hydrogens is 288 g/mol. The Morgan fingerprint density at radius 1 is 1.17 bits per heavy atom. The quantitative estimate of drug-likeness (QED) is 0.801. The molecule has 2 aliphatic carbocycles. The van der Waals surface area contributed by atoms with Gasteiger partial charge in [-0.2, -0.15) is 5.10 Å². The standard InChI is InChI=1S/C18H24N4O/c1-21(18(23)14-5-3-2-4-6-14)15-11-22(12-15)17-10-9-16(19-20-17)13-7-8-13/h2-3,9-10,13-15H,4-8,11-12H2,1H3. The third-order valence-electron chi connectivity index (χ3n) is 5.37. The van der Waals surface area contributed by atoms with Gasteiger partial charge in [0.1, 0.15) is 0 Å². The Bertz CT molecular complexity index is 602. The molecule has 2 heterocycles. The van der Waals surface area contributed by atoms with E-state index in [0.717, 1.165) is 43.9 Å². The van der Waals surface area contributed by atoms with E-state index in [1.807, 2.05) is 11.9 Å². The van der Waals surface area contributed by atoms with Crippen molar-refractivity contribution < 1.29 is 4.79 Å². The number of anilines is 1. The van der Waals surface area contributed by atoms with Crippen molar-refractivity contribution in [3.05, 3.63) is 30.0 Å². The molecule has 0 bridgehead atoms. The molecule has 2 fully saturated rings. The minimum absolute atomic E-state index is 0.177. The van der Waals surface area contributed by atoms with Crippen molar-refractivity contribution in [2.45, 2.75) is 44.1 Å². The molecule has 4 rings (SSSR count). The molecule has 1 aromatic rings. The maximum atomic E-state index is 12.5. The molecule has 1 saturated carbocycles. The van der Waals surface area contributed by atoms with E-state index >= 15 is 0 Å². The lowest BCUT2D eigenvalue weighted by atomic mass is 9.92. The van der Waals surface area contributed by atoms with Crippen LogP contribution in [0.5, 0.6) is 0 Å². The number of hydrogen-bond donors (Lipinski definition) is 0. The molecule has 5 heteroatoms. The summed E-state index contributed by atoms with van der Waals surface area (Å²) in [5.41, 5.74) is 1.13. The molecule has 5 nitrogen and oxygen atoms in total. The number of amides is 1. The SMILES string of the molecule is CN(C(=O)C1CC=CCC1)C1CN(c2ccc(C3CC3)nn2)C1. The van der Waals surface area contributed by atoms with E-state index in [0.29, 0.717) is 17.9 Å². The van der Waals surface area contributed by atoms with Crippen LogP contribution in [0.15, 0.2) is 24.3 Å². The van der Waals surface area contributed by atoms with Crippen molar-refractivity contribution in [1.82, 2.24) is 15.1 Å². The van der Waals surface area contributed by atoms with Crippen LogP contribution in [0.25, 0.3) is 0 Å². The Labute approximate surface area is 137 Å². The van der Waals surface area contributed by atoms with Crippen molar-refractivity contribution in [2.24, 2.45) is 5.92 Å². The van der Waals surface area contributed by atoms with Gasteiger partial charge in [-0.3, -0.25) is 4.79 Å². The molecule has 0 N–H and O–H groups in total. The van der Waals surface area contributed by atoms with Crippen LogP contribution in [0.2, 0.25) is 0 Å². The molecule has 1 amide bonds. The Kier molecular flexibility index (Phi) is 3.79. The Hall–Kier alpha value is -1.91. The first-order valence-electron chi connectivity index (χ1n) is 8.72. The molecular formula is C18H24N4O. The average Bonchev–Trinajstić information content (AvgIpc) is 3.39. The van der Waals surface area contributed by atoms with Crippen LogP contribution < -0.4 is 4.90 Å². The zero-order chi connectivity index (χ0) is 15.8. The highest BCUT2D eigenvalue weighted by atomic mass is 16.2. The summed E-state index contributed by atoms with van der Waals surface area (Å²) in [6.07, 6.45) is 9.75. The second-order valence-corrected chi connectivity index (χ2v) is 7.08. The van der Waals surface area contributed by atoms with Crippen molar-refractivity contribution >= 4 is 11.7 Å². The summed E-state index contributed by atoms with van der Waals surface area (Å²) in [6.45, 7) is 1.73. The van der Waals surface area contributed by atoms with Crippen LogP contribution in [0.4, 0.5) is 5.82 Å². The first-order chi connectivity index (χ1) is 11.2. The summed E-state index contributed by atoms with van der Waals surface area (Å²) in [5, 5.41) is 8.70. The van der Waals surface area contributed by atoms with E-state index in [1.54, 1.807) is 0 Å². The van der Waals surface area contributed by atoms with Gasteiger partial charge in [0.25, 0.3) is 0 Å². The Morgan fingerprint density at radius 3 is 2.61 bits per heavy atom. The van der Waals surface area contributed by atoms with Crippen LogP contribution in [-0.4, -0.2) is 47.2 Å². The van der Waals surface area contributed by atoms with Crippen LogP contribution in [-0.2, 0) is 4.79 Å². The predicted octanol–water partition coefficient (Wildman–Crippen LogP) is 2.36. The summed E-state index contributed by atoms with van der Waals surface area (Å²) in [6, 6.07) is 4.49. The summed E-state index contributed by atoms with van der Waals surface area (Å²) in [4.78, 5) is 16.7. The predicted molar refractivity (Wildman–Crippen MR) is 89.3 cm³/mol. The molecule has 3 aliphatic rings. The molecule has 122 valence electrons. The molecule has 1 saturated heterocycles. The van der Waals surface area contributed by atoms with Gasteiger partial charge in [0.2, 0.25) is 5.91 Å². The minimum atomic E-state index is 0.177. The number of rotatable bonds is 4. The van der Waals surface area contributed by atoms with E-state index in [2.05, 4.69) is 39.4 Å². The highest BCUT2D eigenvalue weighted by Crippen LogP contribution is 2.39. The lowest BCUT2D eigenvalue weighted by Crippen LogP contribution is -2.61. The van der Waals surface area contributed by atoms with E-state index in [4.69, 9.17) is 0 Å². The van der Waals surface area contributed by atoms with Crippen molar-refractivity contribution in [3.8, 4) is 0 Å². The number of carbonyl (C=O) groups excluding carboxylic acids is 1. The van der Waals surface area contributed by atoms with Crippen LogP contribution in [0.3, 0.4) is 0 Å². The Balaban J connectivity index is 1.31. The van der Waals surface area contributed by atoms with Crippen molar-refractivity contribution in [1.29, 1.82) is 0 Å². The summed E-state index contributed by atoms with van der Waals surface area (Å²) >= 11 is 0. The first kappa shape index (κ1) is 14.7. The number of carbonyl (C=O) groups is 1. The van der Waals surface area contributed by atoms with Gasteiger partial charge < -0.3 is 9.80 Å². The number of nitrogens with zero attached hydrogens (tertiary/aromatic N) is 4. The lowest BCUT2D eigenvalue weighted by molar-refractivity contribution is -0.137. The van der Waals surface area contributed by atoms with E-state index < -0.39 is 0 Å². The largest absolute Gasteiger partial charge is 0.351 e. The van der Waals surface area contributed by atoms with Gasteiger partial charge in [-0.25, -0.2) is 0 Å². The van der Waals surface area contributed by atoms with E-state index in [1.165, 1.54) is 12.8 Å². The number of hydrogen-bond acceptors (Lipinski definition) is 4. The van der Waals surface area contributed by atoms with Gasteiger partial charge in [-0.15, -0.1) is 5.10 Å². The molecule has 1 atom stereocenters. The van der Waals surface area contributed by atoms with E-state index in [9.17, 15) is 4.79 Å². The number of allylic oxidation sites excluding steroid dienone is 2. The van der Waals surface area contributed by atoms with Crippen LogP contribution in [0, 0.1) is 5.92 Å². The normalized spacial score (nSPS) is 24.4. The highest BCUT2D eigenvalue weighted by molar-refractivity contribution is 5.79. The monoisotopic (exact) mass is 312 g/mol. The van der Waals surface area contributed by atoms with Gasteiger partial charge in [-0.1, -0.05) is 12.2 Å². The topological polar surface area (TPSA) is 49.3 Å². The molecule has 0 aromatic carbocycles. The molecule has 1 aromatic heterocycles. The third kappa shape index (κ3) is 2.96. The van der Waals surface area contributed by atoms with Gasteiger partial charge >= 0.3 is 0 Å². The van der Waals surface area contributed by atoms with E-state index in [-0.39, 0.29) is 5.92 Å². The molecule has 0 radical (unpaired) electrons. The third-order valence-corrected chi connectivity index (χ3v) is 5.37. The fraction of sp³-hybridized carbons (Fsp3) is 0.611. The number of likely N-dealkylation sites (N-methyl/N-ethyl adjacent to an activating group) is 1. The fourth-order valence-corrected chi connectivity index (χ4v) is 3.47. The van der Waals surface area contributed by atoms with Gasteiger partial charge in [0.05, 0.1) is 11.7 Å². The Morgan fingerprint density at radius 2 is 2.00 bits per heavy atom. The van der Waals surface area contributed by atoms with Crippen LogP contribution in [0.1, 0.15) is 43.7 Å². The molecule has 1 aliphatic heterocycles. The maximum absolute atomic E-state index is 12.5. The summed E-state index contributed by atoms with van der Waals surface area (Å²) < 4.78 is 0. The molecule has 0 spiro atoms. The van der Waals surface area contributed by atoms with Crippen molar-refractivity contribution in [3.63, 3.8) is 0 Å².